The van der Waals surface area contributed by atoms with Gasteiger partial charge in [-0.25, -0.2) is 0 Å². The third-order valence-corrected chi connectivity index (χ3v) is 3.66. The Kier molecular flexibility index (Phi) is 2.53. The van der Waals surface area contributed by atoms with E-state index in [0.717, 1.165) is 11.8 Å². The number of allylic oxidation sites excluding steroid dienone is 2. The third kappa shape index (κ3) is 1.57. The summed E-state index contributed by atoms with van der Waals surface area (Å²) in [5.74, 6) is 1.96. The molecule has 0 aromatic carbocycles. The Bertz CT molecular complexity index is 178. The van der Waals surface area contributed by atoms with E-state index in [2.05, 4.69) is 13.0 Å². The molecule has 2 rings (SSSR count). The largest absolute Gasteiger partial charge is 0.0850 e. The van der Waals surface area contributed by atoms with Crippen molar-refractivity contribution in [3.63, 3.8) is 0 Å². The molecule has 2 unspecified atom stereocenters. The van der Waals surface area contributed by atoms with Crippen LogP contribution in [0.2, 0.25) is 0 Å². The molecule has 68 valence electrons. The maximum Gasteiger partial charge on any atom is -0.0178 e. The molecule has 12 heavy (non-hydrogen) atoms. The van der Waals surface area contributed by atoms with Crippen molar-refractivity contribution in [1.82, 2.24) is 0 Å². The molecule has 2 aliphatic rings. The first-order valence-corrected chi connectivity index (χ1v) is 5.57. The quantitative estimate of drug-likeness (QED) is 0.515. The molecule has 0 nitrogen and oxygen atoms in total. The molecule has 0 heterocycles. The van der Waals surface area contributed by atoms with Crippen molar-refractivity contribution in [2.24, 2.45) is 11.8 Å². The Morgan fingerprint density at radius 1 is 1.17 bits per heavy atom. The minimum atomic E-state index is 0.977. The molecule has 0 radical (unpaired) electrons. The van der Waals surface area contributed by atoms with Gasteiger partial charge < -0.3 is 0 Å². The lowest BCUT2D eigenvalue weighted by Gasteiger charge is -2.22. The van der Waals surface area contributed by atoms with Gasteiger partial charge >= 0.3 is 0 Å². The van der Waals surface area contributed by atoms with E-state index in [4.69, 9.17) is 0 Å². The molecule has 0 aromatic heterocycles. The molecular weight excluding hydrogens is 144 g/mol. The van der Waals surface area contributed by atoms with E-state index < -0.39 is 0 Å². The van der Waals surface area contributed by atoms with Crippen LogP contribution in [0, 0.1) is 11.8 Å². The fraction of sp³-hybridized carbons (Fsp3) is 0.833. The van der Waals surface area contributed by atoms with Crippen LogP contribution in [-0.2, 0) is 0 Å². The summed E-state index contributed by atoms with van der Waals surface area (Å²) < 4.78 is 0. The molecule has 2 atom stereocenters. The zero-order chi connectivity index (χ0) is 8.39. The molecule has 1 saturated carbocycles. The minimum absolute atomic E-state index is 0.977. The van der Waals surface area contributed by atoms with E-state index in [-0.39, 0.29) is 0 Å². The highest BCUT2D eigenvalue weighted by Gasteiger charge is 2.26. The van der Waals surface area contributed by atoms with Gasteiger partial charge in [0, 0.05) is 0 Å². The van der Waals surface area contributed by atoms with Crippen LogP contribution in [0.15, 0.2) is 11.6 Å². The van der Waals surface area contributed by atoms with Crippen LogP contribution in [-0.4, -0.2) is 0 Å². The first kappa shape index (κ1) is 8.34. The molecule has 0 heteroatoms. The van der Waals surface area contributed by atoms with Gasteiger partial charge in [0.05, 0.1) is 0 Å². The Balaban J connectivity index is 2.02. The van der Waals surface area contributed by atoms with E-state index in [1.807, 2.05) is 5.57 Å². The van der Waals surface area contributed by atoms with Crippen molar-refractivity contribution in [2.75, 3.05) is 0 Å². The summed E-state index contributed by atoms with van der Waals surface area (Å²) in [6.07, 6.45) is 12.6. The van der Waals surface area contributed by atoms with Gasteiger partial charge in [-0.1, -0.05) is 31.4 Å². The topological polar surface area (TPSA) is 0 Å². The Hall–Kier alpha value is -0.260. The first-order valence-electron chi connectivity index (χ1n) is 5.57. The summed E-state index contributed by atoms with van der Waals surface area (Å²) in [5, 5.41) is 0. The second kappa shape index (κ2) is 3.64. The zero-order valence-electron chi connectivity index (χ0n) is 8.18. The maximum absolute atomic E-state index is 2.54. The molecule has 0 N–H and O–H groups in total. The summed E-state index contributed by atoms with van der Waals surface area (Å²) in [6, 6.07) is 0. The standard InChI is InChI=1S/C12H20/c1-10-6-5-9-12(10)11-7-3-2-4-8-11/h7,10,12H,2-6,8-9H2,1H3. The van der Waals surface area contributed by atoms with E-state index >= 15 is 0 Å². The van der Waals surface area contributed by atoms with Crippen molar-refractivity contribution in [3.8, 4) is 0 Å². The Labute approximate surface area is 76.1 Å². The van der Waals surface area contributed by atoms with Crippen LogP contribution < -0.4 is 0 Å². The van der Waals surface area contributed by atoms with Gasteiger partial charge in [-0.3, -0.25) is 0 Å². The van der Waals surface area contributed by atoms with Crippen LogP contribution in [0.25, 0.3) is 0 Å². The number of rotatable bonds is 1. The van der Waals surface area contributed by atoms with Crippen LogP contribution in [0.4, 0.5) is 0 Å². The van der Waals surface area contributed by atoms with Gasteiger partial charge in [0.2, 0.25) is 0 Å². The molecule has 0 spiro atoms. The average Bonchev–Trinajstić information content (AvgIpc) is 2.53. The van der Waals surface area contributed by atoms with E-state index in [1.165, 1.54) is 44.9 Å². The monoisotopic (exact) mass is 164 g/mol. The van der Waals surface area contributed by atoms with Gasteiger partial charge in [-0.05, 0) is 43.9 Å². The SMILES string of the molecule is CC1CCCC1C1=CCCCC1. The van der Waals surface area contributed by atoms with Crippen LogP contribution in [0.1, 0.15) is 51.9 Å². The fourth-order valence-corrected chi connectivity index (χ4v) is 2.90. The van der Waals surface area contributed by atoms with Crippen LogP contribution >= 0.6 is 0 Å². The highest BCUT2D eigenvalue weighted by Crippen LogP contribution is 2.39. The molecule has 0 saturated heterocycles. The highest BCUT2D eigenvalue weighted by atomic mass is 14.3. The summed E-state index contributed by atoms with van der Waals surface area (Å²) in [4.78, 5) is 0. The molecule has 0 aromatic rings. The Morgan fingerprint density at radius 2 is 2.08 bits per heavy atom. The Morgan fingerprint density at radius 3 is 2.67 bits per heavy atom. The van der Waals surface area contributed by atoms with Crippen LogP contribution in [0.3, 0.4) is 0 Å². The van der Waals surface area contributed by atoms with Gasteiger partial charge in [-0.15, -0.1) is 0 Å². The summed E-state index contributed by atoms with van der Waals surface area (Å²) in [7, 11) is 0. The van der Waals surface area contributed by atoms with Crippen molar-refractivity contribution >= 4 is 0 Å². The molecule has 1 fully saturated rings. The highest BCUT2D eigenvalue weighted by molar-refractivity contribution is 5.11. The summed E-state index contributed by atoms with van der Waals surface area (Å²) in [6.45, 7) is 2.44. The molecule has 0 aliphatic heterocycles. The zero-order valence-corrected chi connectivity index (χ0v) is 8.18. The van der Waals surface area contributed by atoms with Gasteiger partial charge in [-0.2, -0.15) is 0 Å². The van der Waals surface area contributed by atoms with E-state index in [0.29, 0.717) is 0 Å². The lowest BCUT2D eigenvalue weighted by Crippen LogP contribution is -2.09. The second-order valence-corrected chi connectivity index (χ2v) is 4.54. The average molecular weight is 164 g/mol. The van der Waals surface area contributed by atoms with Crippen molar-refractivity contribution in [1.29, 1.82) is 0 Å². The fourth-order valence-electron chi connectivity index (χ4n) is 2.90. The predicted molar refractivity (Wildman–Crippen MR) is 53.1 cm³/mol. The van der Waals surface area contributed by atoms with Crippen LogP contribution in [0.5, 0.6) is 0 Å². The van der Waals surface area contributed by atoms with Gasteiger partial charge in [0.15, 0.2) is 0 Å². The lowest BCUT2D eigenvalue weighted by molar-refractivity contribution is 0.452. The van der Waals surface area contributed by atoms with Gasteiger partial charge in [0.1, 0.15) is 0 Å². The lowest BCUT2D eigenvalue weighted by atomic mass is 9.84. The van der Waals surface area contributed by atoms with Crippen molar-refractivity contribution in [2.45, 2.75) is 51.9 Å². The first-order chi connectivity index (χ1) is 5.88. The smallest absolute Gasteiger partial charge is 0.0178 e. The molecule has 0 amide bonds. The molecule has 0 bridgehead atoms. The van der Waals surface area contributed by atoms with Crippen molar-refractivity contribution in [3.05, 3.63) is 11.6 Å². The number of hydrogen-bond donors (Lipinski definition) is 0. The van der Waals surface area contributed by atoms with Gasteiger partial charge in [0.25, 0.3) is 0 Å². The normalized spacial score (nSPS) is 36.6. The van der Waals surface area contributed by atoms with E-state index in [9.17, 15) is 0 Å². The predicted octanol–water partition coefficient (Wildman–Crippen LogP) is 3.92. The minimum Gasteiger partial charge on any atom is -0.0850 e. The summed E-state index contributed by atoms with van der Waals surface area (Å²) >= 11 is 0. The second-order valence-electron chi connectivity index (χ2n) is 4.54. The molecular formula is C12H20. The third-order valence-electron chi connectivity index (χ3n) is 3.66. The number of hydrogen-bond acceptors (Lipinski definition) is 0. The van der Waals surface area contributed by atoms with E-state index in [1.54, 1.807) is 0 Å². The van der Waals surface area contributed by atoms with Crippen molar-refractivity contribution < 1.29 is 0 Å². The molecule has 2 aliphatic carbocycles. The maximum atomic E-state index is 2.54. The summed E-state index contributed by atoms with van der Waals surface area (Å²) in [5.41, 5.74) is 1.81.